The van der Waals surface area contributed by atoms with Gasteiger partial charge in [-0.2, -0.15) is 5.26 Å². The summed E-state index contributed by atoms with van der Waals surface area (Å²) in [5.41, 5.74) is 2.21. The molecule has 1 aliphatic rings. The molecular formula is C11H7NO2. The Morgan fingerprint density at radius 2 is 2.29 bits per heavy atom. The molecule has 1 aromatic rings. The van der Waals surface area contributed by atoms with Crippen LogP contribution in [0.5, 0.6) is 0 Å². The highest BCUT2D eigenvalue weighted by atomic mass is 16.5. The number of carbonyl (C=O) groups is 1. The van der Waals surface area contributed by atoms with Gasteiger partial charge in [0.25, 0.3) is 0 Å². The number of hydrogen-bond donors (Lipinski definition) is 0. The Hall–Kier alpha value is -2.08. The molecule has 0 aliphatic carbocycles. The minimum atomic E-state index is -0.384. The molecule has 1 heterocycles. The molecule has 0 radical (unpaired) electrons. The number of fused-ring (bicyclic) bond motifs is 1. The Kier molecular flexibility index (Phi) is 1.83. The highest BCUT2D eigenvalue weighted by Crippen LogP contribution is 2.31. The van der Waals surface area contributed by atoms with Crippen LogP contribution in [0.15, 0.2) is 24.3 Å². The van der Waals surface area contributed by atoms with Crippen LogP contribution in [0.25, 0.3) is 5.76 Å². The molecule has 1 aromatic carbocycles. The van der Waals surface area contributed by atoms with Crippen LogP contribution in [-0.4, -0.2) is 5.97 Å². The van der Waals surface area contributed by atoms with E-state index in [4.69, 9.17) is 10.00 Å². The Bertz CT molecular complexity index is 481. The predicted molar refractivity (Wildman–Crippen MR) is 50.2 cm³/mol. The number of hydrogen-bond acceptors (Lipinski definition) is 3. The summed E-state index contributed by atoms with van der Waals surface area (Å²) in [5, 5.41) is 8.51. The monoisotopic (exact) mass is 185 g/mol. The number of benzene rings is 1. The summed E-state index contributed by atoms with van der Waals surface area (Å²) in [7, 11) is 0. The summed E-state index contributed by atoms with van der Waals surface area (Å²) in [4.78, 5) is 11.3. The molecule has 0 unspecified atom stereocenters. The Morgan fingerprint density at radius 3 is 3.00 bits per heavy atom. The van der Waals surface area contributed by atoms with Crippen molar-refractivity contribution in [2.24, 2.45) is 0 Å². The molecule has 0 saturated heterocycles. The predicted octanol–water partition coefficient (Wildman–Crippen LogP) is 2.03. The summed E-state index contributed by atoms with van der Waals surface area (Å²) >= 11 is 0. The van der Waals surface area contributed by atoms with Crippen LogP contribution in [0.3, 0.4) is 0 Å². The first kappa shape index (κ1) is 8.52. The lowest BCUT2D eigenvalue weighted by atomic mass is 10.0. The van der Waals surface area contributed by atoms with Gasteiger partial charge in [-0.25, -0.2) is 4.79 Å². The smallest absolute Gasteiger partial charge is 0.344 e. The van der Waals surface area contributed by atoms with Crippen LogP contribution < -0.4 is 0 Å². The lowest BCUT2D eigenvalue weighted by molar-refractivity contribution is 0.0716. The van der Waals surface area contributed by atoms with Gasteiger partial charge in [0.2, 0.25) is 0 Å². The van der Waals surface area contributed by atoms with Crippen LogP contribution in [0.1, 0.15) is 21.5 Å². The molecule has 0 saturated carbocycles. The van der Waals surface area contributed by atoms with Gasteiger partial charge < -0.3 is 4.74 Å². The summed E-state index contributed by atoms with van der Waals surface area (Å²) in [6, 6.07) is 7.23. The maximum Gasteiger partial charge on any atom is 0.344 e. The highest BCUT2D eigenvalue weighted by molar-refractivity contribution is 6.03. The third-order valence-corrected chi connectivity index (χ3v) is 2.14. The van der Waals surface area contributed by atoms with E-state index < -0.39 is 0 Å². The summed E-state index contributed by atoms with van der Waals surface area (Å²) in [5.74, 6) is -0.0317. The second kappa shape index (κ2) is 3.00. The largest absolute Gasteiger partial charge is 0.421 e. The second-order valence-electron chi connectivity index (χ2n) is 3.02. The van der Waals surface area contributed by atoms with E-state index in [1.165, 1.54) is 6.08 Å². The van der Waals surface area contributed by atoms with E-state index in [0.717, 1.165) is 11.1 Å². The lowest BCUT2D eigenvalue weighted by Gasteiger charge is -1.99. The molecule has 68 valence electrons. The van der Waals surface area contributed by atoms with Crippen LogP contribution in [-0.2, 0) is 4.74 Å². The number of nitrogens with zero attached hydrogens (tertiary/aromatic N) is 1. The van der Waals surface area contributed by atoms with Crippen molar-refractivity contribution in [2.45, 2.75) is 6.92 Å². The number of rotatable bonds is 0. The average Bonchev–Trinajstić information content (AvgIpc) is 2.46. The first-order chi connectivity index (χ1) is 6.74. The van der Waals surface area contributed by atoms with Gasteiger partial charge in [-0.15, -0.1) is 0 Å². The summed E-state index contributed by atoms with van der Waals surface area (Å²) in [6.45, 7) is 1.88. The average molecular weight is 185 g/mol. The zero-order chi connectivity index (χ0) is 10.1. The van der Waals surface area contributed by atoms with E-state index in [1.807, 2.05) is 19.1 Å². The van der Waals surface area contributed by atoms with Crippen molar-refractivity contribution in [3.8, 4) is 6.07 Å². The molecule has 0 fully saturated rings. The molecule has 14 heavy (non-hydrogen) atoms. The van der Waals surface area contributed by atoms with E-state index in [9.17, 15) is 4.79 Å². The van der Waals surface area contributed by atoms with E-state index in [2.05, 4.69) is 0 Å². The van der Waals surface area contributed by atoms with Gasteiger partial charge in [-0.05, 0) is 18.6 Å². The van der Waals surface area contributed by atoms with Gasteiger partial charge >= 0.3 is 5.97 Å². The maximum absolute atomic E-state index is 11.3. The fourth-order valence-electron chi connectivity index (χ4n) is 1.53. The molecule has 3 heteroatoms. The van der Waals surface area contributed by atoms with Crippen LogP contribution >= 0.6 is 0 Å². The van der Waals surface area contributed by atoms with Crippen molar-refractivity contribution in [3.05, 3.63) is 41.0 Å². The van der Waals surface area contributed by atoms with E-state index in [0.29, 0.717) is 11.3 Å². The van der Waals surface area contributed by atoms with E-state index in [-0.39, 0.29) is 5.97 Å². The van der Waals surface area contributed by atoms with Crippen LogP contribution in [0, 0.1) is 18.3 Å². The molecular weight excluding hydrogens is 178 g/mol. The Balaban J connectivity index is 2.70. The van der Waals surface area contributed by atoms with E-state index >= 15 is 0 Å². The number of cyclic esters (lactones) is 1. The van der Waals surface area contributed by atoms with Crippen molar-refractivity contribution in [1.82, 2.24) is 0 Å². The van der Waals surface area contributed by atoms with Crippen molar-refractivity contribution >= 4 is 11.7 Å². The number of allylic oxidation sites excluding steroid dienone is 1. The van der Waals surface area contributed by atoms with Crippen LogP contribution in [0.2, 0.25) is 0 Å². The number of carbonyl (C=O) groups excluding carboxylic acids is 1. The third kappa shape index (κ3) is 1.09. The number of aryl methyl sites for hydroxylation is 1. The molecule has 0 N–H and O–H groups in total. The standard InChI is InChI=1S/C11H7NO2/c1-7-3-2-4-8-10(7)9(5-6-12)14-11(8)13/h2-5H,1H3/b9-5-. The topological polar surface area (TPSA) is 50.1 Å². The zero-order valence-electron chi connectivity index (χ0n) is 7.57. The van der Waals surface area contributed by atoms with Gasteiger partial charge in [0, 0.05) is 5.56 Å². The fourth-order valence-corrected chi connectivity index (χ4v) is 1.53. The fraction of sp³-hybridized carbons (Fsp3) is 0.0909. The molecule has 0 spiro atoms. The first-order valence-electron chi connectivity index (χ1n) is 4.16. The minimum absolute atomic E-state index is 0.352. The van der Waals surface area contributed by atoms with Gasteiger partial charge in [0.1, 0.15) is 5.76 Å². The molecule has 0 aromatic heterocycles. The van der Waals surface area contributed by atoms with Crippen molar-refractivity contribution in [2.75, 3.05) is 0 Å². The molecule has 0 bridgehead atoms. The first-order valence-corrected chi connectivity index (χ1v) is 4.16. The van der Waals surface area contributed by atoms with Gasteiger partial charge in [-0.3, -0.25) is 0 Å². The highest BCUT2D eigenvalue weighted by Gasteiger charge is 2.27. The van der Waals surface area contributed by atoms with Gasteiger partial charge in [-0.1, -0.05) is 12.1 Å². The van der Waals surface area contributed by atoms with Crippen molar-refractivity contribution < 1.29 is 9.53 Å². The zero-order valence-corrected chi connectivity index (χ0v) is 7.57. The van der Waals surface area contributed by atoms with Gasteiger partial charge in [0.15, 0.2) is 0 Å². The molecule has 1 aliphatic heterocycles. The molecule has 0 amide bonds. The number of esters is 1. The number of ether oxygens (including phenoxy) is 1. The maximum atomic E-state index is 11.3. The van der Waals surface area contributed by atoms with Gasteiger partial charge in [0.05, 0.1) is 17.7 Å². The van der Waals surface area contributed by atoms with Crippen LogP contribution in [0.4, 0.5) is 0 Å². The Morgan fingerprint density at radius 1 is 1.50 bits per heavy atom. The second-order valence-corrected chi connectivity index (χ2v) is 3.02. The van der Waals surface area contributed by atoms with Crippen molar-refractivity contribution in [3.63, 3.8) is 0 Å². The molecule has 3 nitrogen and oxygen atoms in total. The normalized spacial score (nSPS) is 16.3. The quantitative estimate of drug-likeness (QED) is 0.459. The number of nitriles is 1. The minimum Gasteiger partial charge on any atom is -0.421 e. The Labute approximate surface area is 81.2 Å². The third-order valence-electron chi connectivity index (χ3n) is 2.14. The summed E-state index contributed by atoms with van der Waals surface area (Å²) < 4.78 is 4.95. The lowest BCUT2D eigenvalue weighted by Crippen LogP contribution is -1.92. The van der Waals surface area contributed by atoms with Crippen molar-refractivity contribution in [1.29, 1.82) is 5.26 Å². The summed E-state index contributed by atoms with van der Waals surface area (Å²) in [6.07, 6.45) is 1.25. The van der Waals surface area contributed by atoms with E-state index in [1.54, 1.807) is 12.1 Å². The SMILES string of the molecule is Cc1cccc2c1/C(=C/C#N)OC2=O. The molecule has 0 atom stereocenters. The molecule has 2 rings (SSSR count).